The highest BCUT2D eigenvalue weighted by Gasteiger charge is 2.14. The van der Waals surface area contributed by atoms with Crippen LogP contribution in [0.25, 0.3) is 10.6 Å². The molecule has 1 heterocycles. The molecule has 94 valence electrons. The summed E-state index contributed by atoms with van der Waals surface area (Å²) in [5.41, 5.74) is 9.43. The van der Waals surface area contributed by atoms with Gasteiger partial charge >= 0.3 is 0 Å². The molecule has 18 heavy (non-hydrogen) atoms. The molecule has 0 unspecified atom stereocenters. The summed E-state index contributed by atoms with van der Waals surface area (Å²) in [4.78, 5) is 6.33. The lowest BCUT2D eigenvalue weighted by atomic mass is 10.1. The number of thiazole rings is 1. The van der Waals surface area contributed by atoms with Gasteiger partial charge in [-0.2, -0.15) is 0 Å². The van der Waals surface area contributed by atoms with Crippen LogP contribution in [-0.4, -0.2) is 4.98 Å². The van der Waals surface area contributed by atoms with Gasteiger partial charge in [0.15, 0.2) is 0 Å². The van der Waals surface area contributed by atoms with Crippen molar-refractivity contribution in [2.75, 3.05) is 0 Å². The molecule has 2 aromatic rings. The van der Waals surface area contributed by atoms with Gasteiger partial charge in [0.1, 0.15) is 5.01 Å². The van der Waals surface area contributed by atoms with Crippen molar-refractivity contribution in [3.05, 3.63) is 40.4 Å². The third kappa shape index (κ3) is 2.33. The zero-order chi connectivity index (χ0) is 12.4. The van der Waals surface area contributed by atoms with Gasteiger partial charge in [-0.05, 0) is 37.3 Å². The van der Waals surface area contributed by atoms with Crippen molar-refractivity contribution in [3.8, 4) is 10.6 Å². The number of nitrogens with two attached hydrogens (primary N) is 1. The average Bonchev–Trinajstić information content (AvgIpc) is 2.70. The zero-order valence-electron chi connectivity index (χ0n) is 10.5. The Kier molecular flexibility index (Phi) is 3.43. The van der Waals surface area contributed by atoms with Crippen LogP contribution in [0.3, 0.4) is 0 Å². The average molecular weight is 258 g/mol. The Morgan fingerprint density at radius 3 is 2.94 bits per heavy atom. The van der Waals surface area contributed by atoms with Gasteiger partial charge in [0.2, 0.25) is 0 Å². The van der Waals surface area contributed by atoms with Gasteiger partial charge in [0.25, 0.3) is 0 Å². The van der Waals surface area contributed by atoms with Crippen molar-refractivity contribution < 1.29 is 0 Å². The molecule has 0 bridgehead atoms. The van der Waals surface area contributed by atoms with Gasteiger partial charge in [-0.15, -0.1) is 11.3 Å². The minimum atomic E-state index is 0.596. The smallest absolute Gasteiger partial charge is 0.123 e. The summed E-state index contributed by atoms with van der Waals surface area (Å²) in [6.07, 6.45) is 6.32. The molecule has 1 aliphatic rings. The highest BCUT2D eigenvalue weighted by atomic mass is 32.1. The normalized spacial score (nSPS) is 15.2. The number of hydrogen-bond acceptors (Lipinski definition) is 3. The van der Waals surface area contributed by atoms with Gasteiger partial charge in [-0.3, -0.25) is 0 Å². The van der Waals surface area contributed by atoms with E-state index in [0.29, 0.717) is 6.54 Å². The van der Waals surface area contributed by atoms with E-state index in [2.05, 4.69) is 24.3 Å². The van der Waals surface area contributed by atoms with Crippen LogP contribution >= 0.6 is 11.3 Å². The van der Waals surface area contributed by atoms with Crippen molar-refractivity contribution in [1.82, 2.24) is 4.98 Å². The fourth-order valence-corrected chi connectivity index (χ4v) is 3.63. The molecular weight excluding hydrogens is 240 g/mol. The number of hydrogen-bond donors (Lipinski definition) is 1. The Hall–Kier alpha value is -1.19. The van der Waals surface area contributed by atoms with E-state index in [1.807, 2.05) is 11.3 Å². The predicted octanol–water partition coefficient (Wildman–Crippen LogP) is 3.54. The number of aryl methyl sites for hydroxylation is 2. The summed E-state index contributed by atoms with van der Waals surface area (Å²) in [5, 5.41) is 1.16. The topological polar surface area (TPSA) is 38.9 Å². The number of aromatic nitrogens is 1. The second-order valence-corrected chi connectivity index (χ2v) is 5.94. The lowest BCUT2D eigenvalue weighted by molar-refractivity contribution is 0.709. The van der Waals surface area contributed by atoms with E-state index in [1.54, 1.807) is 0 Å². The molecular formula is C15H18N2S. The summed E-state index contributed by atoms with van der Waals surface area (Å²) in [7, 11) is 0. The van der Waals surface area contributed by atoms with Gasteiger partial charge < -0.3 is 5.73 Å². The van der Waals surface area contributed by atoms with Crippen molar-refractivity contribution in [2.24, 2.45) is 5.73 Å². The molecule has 1 aromatic carbocycles. The van der Waals surface area contributed by atoms with Crippen LogP contribution in [0.2, 0.25) is 0 Å². The predicted molar refractivity (Wildman–Crippen MR) is 76.7 cm³/mol. The Morgan fingerprint density at radius 1 is 1.17 bits per heavy atom. The first kappa shape index (κ1) is 11.9. The maximum Gasteiger partial charge on any atom is 0.123 e. The molecule has 0 amide bonds. The number of nitrogens with zero attached hydrogens (tertiary/aromatic N) is 1. The Morgan fingerprint density at radius 2 is 2.06 bits per heavy atom. The molecule has 0 radical (unpaired) electrons. The maximum atomic E-state index is 5.70. The highest BCUT2D eigenvalue weighted by Crippen LogP contribution is 2.32. The third-order valence-electron chi connectivity index (χ3n) is 3.51. The van der Waals surface area contributed by atoms with Crippen LogP contribution in [0.15, 0.2) is 24.3 Å². The van der Waals surface area contributed by atoms with Crippen molar-refractivity contribution in [3.63, 3.8) is 0 Å². The molecule has 0 saturated carbocycles. The fraction of sp³-hybridized carbons (Fsp3) is 0.400. The number of rotatable bonds is 2. The van der Waals surface area contributed by atoms with Crippen molar-refractivity contribution in [1.29, 1.82) is 0 Å². The van der Waals surface area contributed by atoms with E-state index >= 15 is 0 Å². The Labute approximate surface area is 112 Å². The van der Waals surface area contributed by atoms with E-state index in [1.165, 1.54) is 47.4 Å². The first-order chi connectivity index (χ1) is 8.86. The SMILES string of the molecule is NCc1cccc(-c2nc3c(s2)CCCCC3)c1. The number of benzene rings is 1. The molecule has 3 heteroatoms. The minimum Gasteiger partial charge on any atom is -0.326 e. The van der Waals surface area contributed by atoms with Gasteiger partial charge in [0.05, 0.1) is 5.69 Å². The van der Waals surface area contributed by atoms with Crippen LogP contribution in [0.5, 0.6) is 0 Å². The lowest BCUT2D eigenvalue weighted by Crippen LogP contribution is -1.95. The lowest BCUT2D eigenvalue weighted by Gasteiger charge is -2.00. The summed E-state index contributed by atoms with van der Waals surface area (Å²) < 4.78 is 0. The fourth-order valence-electron chi connectivity index (χ4n) is 2.48. The molecule has 3 rings (SSSR count). The summed E-state index contributed by atoms with van der Waals surface area (Å²) >= 11 is 1.87. The molecule has 2 nitrogen and oxygen atoms in total. The highest BCUT2D eigenvalue weighted by molar-refractivity contribution is 7.15. The number of fused-ring (bicyclic) bond motifs is 1. The van der Waals surface area contributed by atoms with E-state index in [0.717, 1.165) is 11.4 Å². The van der Waals surface area contributed by atoms with E-state index < -0.39 is 0 Å². The molecule has 0 atom stereocenters. The standard InChI is InChI=1S/C15H18N2S/c16-10-11-5-4-6-12(9-11)15-17-13-7-2-1-3-8-14(13)18-15/h4-6,9H,1-3,7-8,10,16H2. The molecule has 2 N–H and O–H groups in total. The monoisotopic (exact) mass is 258 g/mol. The van der Waals surface area contributed by atoms with Gasteiger partial charge in [0, 0.05) is 17.0 Å². The van der Waals surface area contributed by atoms with Crippen LogP contribution in [0.4, 0.5) is 0 Å². The summed E-state index contributed by atoms with van der Waals surface area (Å²) in [5.74, 6) is 0. The molecule has 0 aliphatic heterocycles. The zero-order valence-corrected chi connectivity index (χ0v) is 11.3. The molecule has 0 spiro atoms. The molecule has 1 aromatic heterocycles. The first-order valence-electron chi connectivity index (χ1n) is 6.65. The van der Waals surface area contributed by atoms with Crippen LogP contribution in [0, 0.1) is 0 Å². The first-order valence-corrected chi connectivity index (χ1v) is 7.46. The maximum absolute atomic E-state index is 5.70. The van der Waals surface area contributed by atoms with Gasteiger partial charge in [-0.25, -0.2) is 4.98 Å². The molecule has 1 aliphatic carbocycles. The van der Waals surface area contributed by atoms with Crippen molar-refractivity contribution >= 4 is 11.3 Å². The van der Waals surface area contributed by atoms with Crippen LogP contribution < -0.4 is 5.73 Å². The largest absolute Gasteiger partial charge is 0.326 e. The van der Waals surface area contributed by atoms with Crippen LogP contribution in [0.1, 0.15) is 35.4 Å². The third-order valence-corrected chi connectivity index (χ3v) is 4.71. The minimum absolute atomic E-state index is 0.596. The summed E-state index contributed by atoms with van der Waals surface area (Å²) in [6.45, 7) is 0.596. The second kappa shape index (κ2) is 5.21. The quantitative estimate of drug-likeness (QED) is 0.837. The molecule has 0 saturated heterocycles. The van der Waals surface area contributed by atoms with Gasteiger partial charge in [-0.1, -0.05) is 24.6 Å². The van der Waals surface area contributed by atoms with E-state index in [-0.39, 0.29) is 0 Å². The Balaban J connectivity index is 1.96. The summed E-state index contributed by atoms with van der Waals surface area (Å²) in [6, 6.07) is 8.45. The Bertz CT molecular complexity index is 522. The van der Waals surface area contributed by atoms with E-state index in [9.17, 15) is 0 Å². The second-order valence-electron chi connectivity index (χ2n) is 4.85. The van der Waals surface area contributed by atoms with Crippen molar-refractivity contribution in [2.45, 2.75) is 38.6 Å². The van der Waals surface area contributed by atoms with Crippen LogP contribution in [-0.2, 0) is 19.4 Å². The molecule has 0 fully saturated rings. The van der Waals surface area contributed by atoms with E-state index in [4.69, 9.17) is 10.7 Å².